The zero-order chi connectivity index (χ0) is 14.5. The lowest BCUT2D eigenvalue weighted by molar-refractivity contribution is -0.114. The Morgan fingerprint density at radius 3 is 2.70 bits per heavy atom. The van der Waals surface area contributed by atoms with Gasteiger partial charge in [-0.25, -0.2) is 9.97 Å². The molecule has 0 saturated carbocycles. The first-order valence-corrected chi connectivity index (χ1v) is 6.45. The van der Waals surface area contributed by atoms with E-state index in [0.717, 1.165) is 28.5 Å². The maximum Gasteiger partial charge on any atom is 0.221 e. The number of anilines is 2. The van der Waals surface area contributed by atoms with Gasteiger partial charge in [0.05, 0.1) is 12.2 Å². The molecule has 0 unspecified atom stereocenters. The fourth-order valence-corrected chi connectivity index (χ4v) is 1.90. The van der Waals surface area contributed by atoms with Crippen LogP contribution in [0.15, 0.2) is 30.5 Å². The summed E-state index contributed by atoms with van der Waals surface area (Å²) in [6.45, 7) is 5.98. The van der Waals surface area contributed by atoms with E-state index in [4.69, 9.17) is 0 Å². The van der Waals surface area contributed by atoms with Crippen LogP contribution in [0.4, 0.5) is 11.4 Å². The van der Waals surface area contributed by atoms with Crippen molar-refractivity contribution >= 4 is 17.3 Å². The summed E-state index contributed by atoms with van der Waals surface area (Å²) in [6.07, 6.45) is 1.75. The van der Waals surface area contributed by atoms with Crippen LogP contribution in [0.2, 0.25) is 0 Å². The number of amides is 1. The van der Waals surface area contributed by atoms with Crippen molar-refractivity contribution in [2.45, 2.75) is 27.3 Å². The van der Waals surface area contributed by atoms with E-state index in [-0.39, 0.29) is 5.91 Å². The van der Waals surface area contributed by atoms with E-state index in [2.05, 4.69) is 20.6 Å². The van der Waals surface area contributed by atoms with Crippen LogP contribution in [-0.4, -0.2) is 15.9 Å². The predicted octanol–water partition coefficient (Wildman–Crippen LogP) is 2.66. The molecule has 2 aromatic rings. The third-order valence-electron chi connectivity index (χ3n) is 2.84. The highest BCUT2D eigenvalue weighted by Gasteiger charge is 2.02. The first kappa shape index (κ1) is 14.0. The average Bonchev–Trinajstić information content (AvgIpc) is 2.39. The number of aryl methyl sites for hydroxylation is 2. The van der Waals surface area contributed by atoms with Gasteiger partial charge in [0.25, 0.3) is 0 Å². The standard InChI is InChI=1S/C15H18N4O/c1-10-8-13(4-5-15(10)19-12(3)20)17-9-14-6-7-16-11(2)18-14/h4-8,17H,9H2,1-3H3,(H,19,20). The Balaban J connectivity index is 2.03. The minimum Gasteiger partial charge on any atom is -0.379 e. The van der Waals surface area contributed by atoms with Gasteiger partial charge >= 0.3 is 0 Å². The smallest absolute Gasteiger partial charge is 0.221 e. The number of benzene rings is 1. The third-order valence-corrected chi connectivity index (χ3v) is 2.84. The minimum absolute atomic E-state index is 0.0646. The predicted molar refractivity (Wildman–Crippen MR) is 79.6 cm³/mol. The van der Waals surface area contributed by atoms with Crippen molar-refractivity contribution in [3.63, 3.8) is 0 Å². The molecule has 0 atom stereocenters. The molecule has 5 nitrogen and oxygen atoms in total. The number of hydrogen-bond donors (Lipinski definition) is 2. The molecule has 20 heavy (non-hydrogen) atoms. The summed E-state index contributed by atoms with van der Waals surface area (Å²) in [7, 11) is 0. The molecule has 0 bridgehead atoms. The van der Waals surface area contributed by atoms with Gasteiger partial charge in [0.15, 0.2) is 0 Å². The van der Waals surface area contributed by atoms with Crippen LogP contribution in [-0.2, 0) is 11.3 Å². The number of aromatic nitrogens is 2. The molecular formula is C15H18N4O. The van der Waals surface area contributed by atoms with Gasteiger partial charge in [-0.3, -0.25) is 4.79 Å². The molecule has 1 aromatic heterocycles. The first-order valence-electron chi connectivity index (χ1n) is 6.45. The molecule has 1 aromatic carbocycles. The van der Waals surface area contributed by atoms with E-state index in [1.165, 1.54) is 6.92 Å². The molecular weight excluding hydrogens is 252 g/mol. The van der Waals surface area contributed by atoms with Gasteiger partial charge in [0.1, 0.15) is 5.82 Å². The van der Waals surface area contributed by atoms with E-state index < -0.39 is 0 Å². The number of carbonyl (C=O) groups is 1. The summed E-state index contributed by atoms with van der Waals surface area (Å²) < 4.78 is 0. The van der Waals surface area contributed by atoms with Gasteiger partial charge in [-0.1, -0.05) is 0 Å². The Morgan fingerprint density at radius 1 is 1.25 bits per heavy atom. The van der Waals surface area contributed by atoms with Crippen LogP contribution in [0.3, 0.4) is 0 Å². The largest absolute Gasteiger partial charge is 0.379 e. The summed E-state index contributed by atoms with van der Waals surface area (Å²) in [6, 6.07) is 7.72. The van der Waals surface area contributed by atoms with Crippen molar-refractivity contribution in [2.24, 2.45) is 0 Å². The number of hydrogen-bond acceptors (Lipinski definition) is 4. The zero-order valence-electron chi connectivity index (χ0n) is 11.9. The Hall–Kier alpha value is -2.43. The fraction of sp³-hybridized carbons (Fsp3) is 0.267. The fourth-order valence-electron chi connectivity index (χ4n) is 1.90. The van der Waals surface area contributed by atoms with Crippen molar-refractivity contribution in [3.05, 3.63) is 47.5 Å². The van der Waals surface area contributed by atoms with Crippen molar-refractivity contribution in [1.82, 2.24) is 9.97 Å². The van der Waals surface area contributed by atoms with E-state index in [0.29, 0.717) is 6.54 Å². The lowest BCUT2D eigenvalue weighted by atomic mass is 10.1. The van der Waals surface area contributed by atoms with Crippen LogP contribution in [0.1, 0.15) is 24.0 Å². The quantitative estimate of drug-likeness (QED) is 0.896. The Bertz CT molecular complexity index is 625. The van der Waals surface area contributed by atoms with Gasteiger partial charge in [-0.05, 0) is 43.7 Å². The highest BCUT2D eigenvalue weighted by atomic mass is 16.1. The Labute approximate surface area is 118 Å². The van der Waals surface area contributed by atoms with E-state index in [1.54, 1.807) is 6.20 Å². The number of nitrogens with one attached hydrogen (secondary N) is 2. The SMILES string of the molecule is CC(=O)Nc1ccc(NCc2ccnc(C)n2)cc1C. The summed E-state index contributed by atoms with van der Waals surface area (Å²) in [5.41, 5.74) is 3.79. The maximum absolute atomic E-state index is 11.1. The van der Waals surface area contributed by atoms with Crippen LogP contribution in [0.5, 0.6) is 0 Å². The lowest BCUT2D eigenvalue weighted by Gasteiger charge is -2.10. The molecule has 0 spiro atoms. The summed E-state index contributed by atoms with van der Waals surface area (Å²) in [5.74, 6) is 0.701. The minimum atomic E-state index is -0.0646. The molecule has 0 saturated heterocycles. The van der Waals surface area contributed by atoms with Crippen molar-refractivity contribution in [1.29, 1.82) is 0 Å². The number of carbonyl (C=O) groups excluding carboxylic acids is 1. The zero-order valence-corrected chi connectivity index (χ0v) is 11.9. The van der Waals surface area contributed by atoms with Crippen LogP contribution < -0.4 is 10.6 Å². The molecule has 5 heteroatoms. The first-order chi connectivity index (χ1) is 9.54. The Morgan fingerprint density at radius 2 is 2.05 bits per heavy atom. The monoisotopic (exact) mass is 270 g/mol. The molecule has 0 aliphatic carbocycles. The third kappa shape index (κ3) is 3.78. The molecule has 0 aliphatic rings. The Kier molecular flexibility index (Phi) is 4.30. The van der Waals surface area contributed by atoms with E-state index >= 15 is 0 Å². The van der Waals surface area contributed by atoms with Crippen molar-refractivity contribution < 1.29 is 4.79 Å². The van der Waals surface area contributed by atoms with Gasteiger partial charge in [-0.2, -0.15) is 0 Å². The molecule has 0 aliphatic heterocycles. The summed E-state index contributed by atoms with van der Waals surface area (Å²) >= 11 is 0. The van der Waals surface area contributed by atoms with Crippen LogP contribution >= 0.6 is 0 Å². The molecule has 1 amide bonds. The van der Waals surface area contributed by atoms with E-state index in [9.17, 15) is 4.79 Å². The van der Waals surface area contributed by atoms with Gasteiger partial charge in [0.2, 0.25) is 5.91 Å². The topological polar surface area (TPSA) is 66.9 Å². The second-order valence-corrected chi connectivity index (χ2v) is 4.66. The number of nitrogens with zero attached hydrogens (tertiary/aromatic N) is 2. The molecule has 104 valence electrons. The highest BCUT2D eigenvalue weighted by Crippen LogP contribution is 2.20. The average molecular weight is 270 g/mol. The van der Waals surface area contributed by atoms with Crippen molar-refractivity contribution in [2.75, 3.05) is 10.6 Å². The van der Waals surface area contributed by atoms with Gasteiger partial charge in [0, 0.05) is 24.5 Å². The second kappa shape index (κ2) is 6.14. The van der Waals surface area contributed by atoms with Crippen LogP contribution in [0.25, 0.3) is 0 Å². The molecule has 0 fully saturated rings. The highest BCUT2D eigenvalue weighted by molar-refractivity contribution is 5.89. The summed E-state index contributed by atoms with van der Waals surface area (Å²) in [4.78, 5) is 19.5. The molecule has 2 rings (SSSR count). The van der Waals surface area contributed by atoms with Gasteiger partial charge in [-0.15, -0.1) is 0 Å². The van der Waals surface area contributed by atoms with Crippen LogP contribution in [0, 0.1) is 13.8 Å². The normalized spacial score (nSPS) is 10.2. The second-order valence-electron chi connectivity index (χ2n) is 4.66. The van der Waals surface area contributed by atoms with Gasteiger partial charge < -0.3 is 10.6 Å². The summed E-state index contributed by atoms with van der Waals surface area (Å²) in [5, 5.41) is 6.10. The lowest BCUT2D eigenvalue weighted by Crippen LogP contribution is -2.08. The maximum atomic E-state index is 11.1. The molecule has 0 radical (unpaired) electrons. The van der Waals surface area contributed by atoms with E-state index in [1.807, 2.05) is 38.1 Å². The molecule has 2 N–H and O–H groups in total. The number of rotatable bonds is 4. The molecule has 1 heterocycles. The van der Waals surface area contributed by atoms with Crippen molar-refractivity contribution in [3.8, 4) is 0 Å².